The maximum Gasteiger partial charge on any atom is 0.134 e. The van der Waals surface area contributed by atoms with Gasteiger partial charge >= 0.3 is 0 Å². The Morgan fingerprint density at radius 2 is 2.10 bits per heavy atom. The second kappa shape index (κ2) is 6.06. The van der Waals surface area contributed by atoms with E-state index in [1.54, 1.807) is 12.4 Å². The summed E-state index contributed by atoms with van der Waals surface area (Å²) in [5.41, 5.74) is 1.75. The number of nitrogens with zero attached hydrogens (tertiary/aromatic N) is 1. The van der Waals surface area contributed by atoms with Crippen LogP contribution in [0.1, 0.15) is 24.3 Å². The molecule has 1 aromatic carbocycles. The number of nitrogens with one attached hydrogen (secondary N) is 1. The van der Waals surface area contributed by atoms with Crippen LogP contribution in [0.15, 0.2) is 47.1 Å². The Morgan fingerprint density at radius 3 is 2.86 bits per heavy atom. The molecule has 21 heavy (non-hydrogen) atoms. The fourth-order valence-corrected chi connectivity index (χ4v) is 2.77. The van der Waals surface area contributed by atoms with Gasteiger partial charge in [-0.1, -0.05) is 30.1 Å². The Kier molecular flexibility index (Phi) is 4.15. The molecule has 0 aliphatic carbocycles. The zero-order valence-corrected chi connectivity index (χ0v) is 12.9. The predicted molar refractivity (Wildman–Crippen MR) is 86.0 cm³/mol. The fraction of sp³-hybridized carbons (Fsp3) is 0.188. The van der Waals surface area contributed by atoms with Crippen molar-refractivity contribution < 1.29 is 4.42 Å². The van der Waals surface area contributed by atoms with E-state index in [0.29, 0.717) is 10.0 Å². The SMILES string of the molecule is CCNC(c1cc2cc(Cl)ccc2o1)c1ccncc1Cl. The van der Waals surface area contributed by atoms with Crippen LogP contribution in [0.2, 0.25) is 10.0 Å². The number of pyridine rings is 1. The van der Waals surface area contributed by atoms with Gasteiger partial charge in [0.25, 0.3) is 0 Å². The standard InChI is InChI=1S/C16H14Cl2N2O/c1-2-20-16(12-5-6-19-9-13(12)18)15-8-10-7-11(17)3-4-14(10)21-15/h3-9,16,20H,2H2,1H3. The number of hydrogen-bond acceptors (Lipinski definition) is 3. The Hall–Kier alpha value is -1.55. The highest BCUT2D eigenvalue weighted by molar-refractivity contribution is 6.31. The van der Waals surface area contributed by atoms with Crippen LogP contribution in [-0.4, -0.2) is 11.5 Å². The van der Waals surface area contributed by atoms with Crippen molar-refractivity contribution in [3.05, 3.63) is 64.1 Å². The molecule has 0 aliphatic rings. The zero-order chi connectivity index (χ0) is 14.8. The van der Waals surface area contributed by atoms with Crippen molar-refractivity contribution in [3.8, 4) is 0 Å². The molecule has 0 radical (unpaired) electrons. The van der Waals surface area contributed by atoms with Gasteiger partial charge in [-0.05, 0) is 42.4 Å². The first-order valence-corrected chi connectivity index (χ1v) is 7.46. The molecule has 2 aromatic heterocycles. The molecule has 1 N–H and O–H groups in total. The summed E-state index contributed by atoms with van der Waals surface area (Å²) >= 11 is 12.3. The minimum atomic E-state index is -0.114. The molecule has 1 unspecified atom stereocenters. The average Bonchev–Trinajstić information content (AvgIpc) is 2.88. The molecule has 3 rings (SSSR count). The Balaban J connectivity index is 2.09. The quantitative estimate of drug-likeness (QED) is 0.748. The number of rotatable bonds is 4. The first kappa shape index (κ1) is 14.4. The molecule has 1 atom stereocenters. The first-order chi connectivity index (χ1) is 10.2. The van der Waals surface area contributed by atoms with Crippen molar-refractivity contribution in [1.29, 1.82) is 0 Å². The minimum Gasteiger partial charge on any atom is -0.459 e. The van der Waals surface area contributed by atoms with E-state index in [9.17, 15) is 0 Å². The molecule has 0 amide bonds. The Labute approximate surface area is 132 Å². The number of furan rings is 1. The third kappa shape index (κ3) is 2.91. The number of halogens is 2. The van der Waals surface area contributed by atoms with Gasteiger partial charge in [0.15, 0.2) is 0 Å². The monoisotopic (exact) mass is 320 g/mol. The third-order valence-corrected chi connectivity index (χ3v) is 3.86. The predicted octanol–water partition coefficient (Wildman–Crippen LogP) is 4.83. The number of benzene rings is 1. The summed E-state index contributed by atoms with van der Waals surface area (Å²) in [7, 11) is 0. The van der Waals surface area contributed by atoms with Crippen LogP contribution in [0.3, 0.4) is 0 Å². The molecule has 0 bridgehead atoms. The highest BCUT2D eigenvalue weighted by Gasteiger charge is 2.20. The average molecular weight is 321 g/mol. The molecule has 0 saturated carbocycles. The van der Waals surface area contributed by atoms with Crippen LogP contribution < -0.4 is 5.32 Å². The van der Waals surface area contributed by atoms with Crippen LogP contribution in [0.25, 0.3) is 11.0 Å². The summed E-state index contributed by atoms with van der Waals surface area (Å²) < 4.78 is 5.95. The Morgan fingerprint density at radius 1 is 1.24 bits per heavy atom. The van der Waals surface area contributed by atoms with E-state index in [2.05, 4.69) is 10.3 Å². The van der Waals surface area contributed by atoms with E-state index in [0.717, 1.165) is 28.8 Å². The van der Waals surface area contributed by atoms with Crippen LogP contribution in [-0.2, 0) is 0 Å². The molecule has 0 aliphatic heterocycles. The van der Waals surface area contributed by atoms with Gasteiger partial charge in [0.1, 0.15) is 11.3 Å². The van der Waals surface area contributed by atoms with Crippen molar-refractivity contribution in [2.45, 2.75) is 13.0 Å². The van der Waals surface area contributed by atoms with Crippen LogP contribution >= 0.6 is 23.2 Å². The molecule has 0 spiro atoms. The summed E-state index contributed by atoms with van der Waals surface area (Å²) in [5.74, 6) is 0.808. The summed E-state index contributed by atoms with van der Waals surface area (Å²) in [5, 5.41) is 5.67. The lowest BCUT2D eigenvalue weighted by Crippen LogP contribution is -2.21. The topological polar surface area (TPSA) is 38.1 Å². The highest BCUT2D eigenvalue weighted by atomic mass is 35.5. The second-order valence-corrected chi connectivity index (χ2v) is 5.56. The maximum absolute atomic E-state index is 6.26. The maximum atomic E-state index is 6.26. The number of hydrogen-bond donors (Lipinski definition) is 1. The smallest absolute Gasteiger partial charge is 0.134 e. The fourth-order valence-electron chi connectivity index (χ4n) is 2.37. The van der Waals surface area contributed by atoms with Crippen molar-refractivity contribution in [3.63, 3.8) is 0 Å². The second-order valence-electron chi connectivity index (χ2n) is 4.72. The normalized spacial score (nSPS) is 12.7. The van der Waals surface area contributed by atoms with Crippen molar-refractivity contribution in [2.24, 2.45) is 0 Å². The van der Waals surface area contributed by atoms with Gasteiger partial charge in [0.2, 0.25) is 0 Å². The summed E-state index contributed by atoms with van der Waals surface area (Å²) in [6.07, 6.45) is 3.37. The molecular formula is C16H14Cl2N2O. The van der Waals surface area contributed by atoms with E-state index in [1.807, 2.05) is 37.3 Å². The summed E-state index contributed by atoms with van der Waals surface area (Å²) in [6, 6.07) is 9.36. The van der Waals surface area contributed by atoms with Crippen molar-refractivity contribution in [2.75, 3.05) is 6.54 Å². The number of fused-ring (bicyclic) bond motifs is 1. The lowest BCUT2D eigenvalue weighted by molar-refractivity contribution is 0.477. The van der Waals surface area contributed by atoms with Crippen LogP contribution in [0.4, 0.5) is 0 Å². The third-order valence-electron chi connectivity index (χ3n) is 3.30. The van der Waals surface area contributed by atoms with E-state index >= 15 is 0 Å². The van der Waals surface area contributed by atoms with Gasteiger partial charge in [-0.25, -0.2) is 0 Å². The van der Waals surface area contributed by atoms with Crippen LogP contribution in [0, 0.1) is 0 Å². The van der Waals surface area contributed by atoms with Gasteiger partial charge < -0.3 is 9.73 Å². The molecule has 108 valence electrons. The lowest BCUT2D eigenvalue weighted by Gasteiger charge is -2.16. The Bertz CT molecular complexity index is 770. The molecule has 0 saturated heterocycles. The minimum absolute atomic E-state index is 0.114. The lowest BCUT2D eigenvalue weighted by atomic mass is 10.1. The van der Waals surface area contributed by atoms with Gasteiger partial charge in [-0.3, -0.25) is 4.98 Å². The molecule has 3 aromatic rings. The van der Waals surface area contributed by atoms with Crippen molar-refractivity contribution >= 4 is 34.2 Å². The highest BCUT2D eigenvalue weighted by Crippen LogP contribution is 2.32. The molecule has 0 fully saturated rings. The number of aromatic nitrogens is 1. The van der Waals surface area contributed by atoms with E-state index in [1.165, 1.54) is 0 Å². The van der Waals surface area contributed by atoms with Gasteiger partial charge in [0, 0.05) is 22.8 Å². The zero-order valence-electron chi connectivity index (χ0n) is 11.4. The van der Waals surface area contributed by atoms with Crippen molar-refractivity contribution in [1.82, 2.24) is 10.3 Å². The first-order valence-electron chi connectivity index (χ1n) is 6.71. The molecule has 3 nitrogen and oxygen atoms in total. The summed E-state index contributed by atoms with van der Waals surface area (Å²) in [4.78, 5) is 4.03. The van der Waals surface area contributed by atoms with Gasteiger partial charge in [0.05, 0.1) is 11.1 Å². The van der Waals surface area contributed by atoms with Gasteiger partial charge in [-0.2, -0.15) is 0 Å². The molecule has 2 heterocycles. The summed E-state index contributed by atoms with van der Waals surface area (Å²) in [6.45, 7) is 2.84. The molecule has 5 heteroatoms. The largest absolute Gasteiger partial charge is 0.459 e. The van der Waals surface area contributed by atoms with E-state index < -0.39 is 0 Å². The van der Waals surface area contributed by atoms with Crippen LogP contribution in [0.5, 0.6) is 0 Å². The van der Waals surface area contributed by atoms with E-state index in [4.69, 9.17) is 27.6 Å². The van der Waals surface area contributed by atoms with E-state index in [-0.39, 0.29) is 6.04 Å². The molecular weight excluding hydrogens is 307 g/mol. The van der Waals surface area contributed by atoms with Gasteiger partial charge in [-0.15, -0.1) is 0 Å².